The molecule has 8 heteroatoms. The van der Waals surface area contributed by atoms with Crippen LogP contribution in [0.25, 0.3) is 23.0 Å². The van der Waals surface area contributed by atoms with Crippen LogP contribution in [0.15, 0.2) is 23.0 Å². The largest absolute Gasteiger partial charge is 0.383 e. The smallest absolute Gasteiger partial charge is 0.263 e. The summed E-state index contributed by atoms with van der Waals surface area (Å²) in [6.45, 7) is 1.79. The van der Waals surface area contributed by atoms with Gasteiger partial charge in [0, 0.05) is 6.20 Å². The molecule has 18 heavy (non-hydrogen) atoms. The van der Waals surface area contributed by atoms with Gasteiger partial charge in [-0.05, 0) is 13.0 Å². The van der Waals surface area contributed by atoms with Gasteiger partial charge in [0.2, 0.25) is 5.82 Å². The highest BCUT2D eigenvalue weighted by molar-refractivity contribution is 5.67. The van der Waals surface area contributed by atoms with Crippen LogP contribution in [0.1, 0.15) is 5.82 Å². The lowest BCUT2D eigenvalue weighted by atomic mass is 10.3. The summed E-state index contributed by atoms with van der Waals surface area (Å²) >= 11 is 0. The third-order valence-electron chi connectivity index (χ3n) is 2.33. The van der Waals surface area contributed by atoms with Crippen molar-refractivity contribution in [2.24, 2.45) is 0 Å². The van der Waals surface area contributed by atoms with Crippen molar-refractivity contribution in [2.45, 2.75) is 6.92 Å². The predicted octanol–water partition coefficient (Wildman–Crippen LogP) is 0.807. The number of anilines is 1. The number of rotatable bonds is 2. The molecule has 0 radical (unpaired) electrons. The van der Waals surface area contributed by atoms with Crippen LogP contribution in [0, 0.1) is 6.92 Å². The lowest BCUT2D eigenvalue weighted by molar-refractivity contribution is 0.432. The van der Waals surface area contributed by atoms with Gasteiger partial charge in [-0.25, -0.2) is 9.97 Å². The minimum Gasteiger partial charge on any atom is -0.383 e. The Hall–Kier alpha value is -2.77. The second-order valence-electron chi connectivity index (χ2n) is 3.61. The van der Waals surface area contributed by atoms with E-state index in [9.17, 15) is 0 Å². The maximum Gasteiger partial charge on any atom is 0.263 e. The highest BCUT2D eigenvalue weighted by Crippen LogP contribution is 2.23. The van der Waals surface area contributed by atoms with Crippen molar-refractivity contribution in [3.05, 3.63) is 24.3 Å². The molecule has 0 aliphatic carbocycles. The molecular weight excluding hydrogens is 234 g/mol. The number of nitrogens with one attached hydrogen (secondary N) is 1. The standard InChI is InChI=1S/C10H9N7O/c1-5-12-3-2-7(14-5)9-15-10(18-17-9)6-4-13-16-8(6)11/h2-4H,1H3,(H3,11,13,16). The van der Waals surface area contributed by atoms with Crippen molar-refractivity contribution >= 4 is 5.82 Å². The fourth-order valence-electron chi connectivity index (χ4n) is 1.48. The monoisotopic (exact) mass is 243 g/mol. The quantitative estimate of drug-likeness (QED) is 0.683. The summed E-state index contributed by atoms with van der Waals surface area (Å²) in [5.74, 6) is 1.70. The molecule has 0 spiro atoms. The van der Waals surface area contributed by atoms with Gasteiger partial charge in [-0.2, -0.15) is 10.1 Å². The van der Waals surface area contributed by atoms with Crippen LogP contribution < -0.4 is 5.73 Å². The molecule has 8 nitrogen and oxygen atoms in total. The number of hydrogen-bond donors (Lipinski definition) is 2. The van der Waals surface area contributed by atoms with E-state index >= 15 is 0 Å². The molecule has 3 rings (SSSR count). The molecule has 0 bridgehead atoms. The number of H-pyrrole nitrogens is 1. The van der Waals surface area contributed by atoms with Gasteiger partial charge in [-0.1, -0.05) is 5.16 Å². The molecule has 0 saturated carbocycles. The average Bonchev–Trinajstić information content (AvgIpc) is 2.97. The van der Waals surface area contributed by atoms with E-state index in [2.05, 4.69) is 30.3 Å². The van der Waals surface area contributed by atoms with Crippen LogP contribution in [-0.2, 0) is 0 Å². The van der Waals surface area contributed by atoms with Crippen LogP contribution in [0.2, 0.25) is 0 Å². The summed E-state index contributed by atoms with van der Waals surface area (Å²) in [5.41, 5.74) is 6.84. The van der Waals surface area contributed by atoms with Gasteiger partial charge in [0.15, 0.2) is 0 Å². The molecule has 3 heterocycles. The average molecular weight is 243 g/mol. The Labute approximate surface area is 101 Å². The minimum absolute atomic E-state index is 0.299. The topological polar surface area (TPSA) is 119 Å². The molecule has 3 aromatic heterocycles. The van der Waals surface area contributed by atoms with E-state index in [0.717, 1.165) is 0 Å². The van der Waals surface area contributed by atoms with E-state index in [1.807, 2.05) is 0 Å². The van der Waals surface area contributed by atoms with Crippen molar-refractivity contribution in [1.29, 1.82) is 0 Å². The van der Waals surface area contributed by atoms with Gasteiger partial charge in [-0.15, -0.1) is 0 Å². The third-order valence-corrected chi connectivity index (χ3v) is 2.33. The van der Waals surface area contributed by atoms with Crippen LogP contribution in [0.5, 0.6) is 0 Å². The second kappa shape index (κ2) is 3.91. The summed E-state index contributed by atoms with van der Waals surface area (Å²) in [5, 5.41) is 10.2. The number of nitrogen functional groups attached to an aromatic ring is 1. The Morgan fingerprint density at radius 3 is 2.94 bits per heavy atom. The summed E-state index contributed by atoms with van der Waals surface area (Å²) in [4.78, 5) is 12.4. The zero-order valence-electron chi connectivity index (χ0n) is 9.45. The number of nitrogens with zero attached hydrogens (tertiary/aromatic N) is 5. The van der Waals surface area contributed by atoms with Crippen LogP contribution >= 0.6 is 0 Å². The highest BCUT2D eigenvalue weighted by atomic mass is 16.5. The Morgan fingerprint density at radius 1 is 1.33 bits per heavy atom. The summed E-state index contributed by atoms with van der Waals surface area (Å²) in [7, 11) is 0. The first-order valence-electron chi connectivity index (χ1n) is 5.17. The van der Waals surface area contributed by atoms with Crippen molar-refractivity contribution in [2.75, 3.05) is 5.73 Å². The maximum atomic E-state index is 5.67. The predicted molar refractivity (Wildman–Crippen MR) is 62.1 cm³/mol. The number of aromatic amines is 1. The molecular formula is C10H9N7O. The first-order chi connectivity index (χ1) is 8.74. The van der Waals surface area contributed by atoms with Gasteiger partial charge >= 0.3 is 0 Å². The molecule has 0 atom stereocenters. The van der Waals surface area contributed by atoms with E-state index < -0.39 is 0 Å². The van der Waals surface area contributed by atoms with Gasteiger partial charge in [0.25, 0.3) is 5.89 Å². The molecule has 0 saturated heterocycles. The maximum absolute atomic E-state index is 5.67. The van der Waals surface area contributed by atoms with E-state index in [0.29, 0.717) is 34.6 Å². The van der Waals surface area contributed by atoms with Crippen molar-refractivity contribution in [1.82, 2.24) is 30.3 Å². The Kier molecular flexibility index (Phi) is 2.26. The van der Waals surface area contributed by atoms with Gasteiger partial charge in [-0.3, -0.25) is 5.10 Å². The summed E-state index contributed by atoms with van der Waals surface area (Å²) < 4.78 is 5.12. The van der Waals surface area contributed by atoms with Crippen LogP contribution in [0.3, 0.4) is 0 Å². The van der Waals surface area contributed by atoms with Crippen molar-refractivity contribution in [3.63, 3.8) is 0 Å². The van der Waals surface area contributed by atoms with E-state index in [4.69, 9.17) is 10.3 Å². The first kappa shape index (κ1) is 10.4. The van der Waals surface area contributed by atoms with Crippen LogP contribution in [-0.4, -0.2) is 30.3 Å². The molecule has 90 valence electrons. The Balaban J connectivity index is 2.02. The van der Waals surface area contributed by atoms with Crippen molar-refractivity contribution < 1.29 is 4.52 Å². The molecule has 0 aliphatic heterocycles. The van der Waals surface area contributed by atoms with E-state index in [1.165, 1.54) is 6.20 Å². The SMILES string of the molecule is Cc1nccc(-c2noc(-c3cn[nH]c3N)n2)n1. The first-order valence-corrected chi connectivity index (χ1v) is 5.17. The van der Waals surface area contributed by atoms with Crippen LogP contribution in [0.4, 0.5) is 5.82 Å². The molecule has 3 aromatic rings. The highest BCUT2D eigenvalue weighted by Gasteiger charge is 2.15. The minimum atomic E-state index is 0.299. The molecule has 0 aliphatic rings. The third kappa shape index (κ3) is 1.69. The summed E-state index contributed by atoms with van der Waals surface area (Å²) in [6.07, 6.45) is 3.16. The summed E-state index contributed by atoms with van der Waals surface area (Å²) in [6, 6.07) is 1.71. The molecule has 0 amide bonds. The lowest BCUT2D eigenvalue weighted by Crippen LogP contribution is -1.91. The zero-order valence-corrected chi connectivity index (χ0v) is 9.45. The number of hydrogen-bond acceptors (Lipinski definition) is 7. The fourth-order valence-corrected chi connectivity index (χ4v) is 1.48. The lowest BCUT2D eigenvalue weighted by Gasteiger charge is -1.93. The number of nitrogens with two attached hydrogens (primary N) is 1. The molecule has 0 unspecified atom stereocenters. The van der Waals surface area contributed by atoms with E-state index in [1.54, 1.807) is 19.2 Å². The second-order valence-corrected chi connectivity index (χ2v) is 3.61. The number of aromatic nitrogens is 6. The molecule has 0 fully saturated rings. The Bertz CT molecular complexity index is 687. The van der Waals surface area contributed by atoms with Crippen molar-refractivity contribution in [3.8, 4) is 23.0 Å². The normalized spacial score (nSPS) is 10.7. The van der Waals surface area contributed by atoms with Gasteiger partial charge < -0.3 is 10.3 Å². The van der Waals surface area contributed by atoms with Gasteiger partial charge in [0.05, 0.1) is 6.20 Å². The Morgan fingerprint density at radius 2 is 2.22 bits per heavy atom. The molecule has 3 N–H and O–H groups in total. The van der Waals surface area contributed by atoms with Gasteiger partial charge in [0.1, 0.15) is 22.9 Å². The number of aryl methyl sites for hydroxylation is 1. The zero-order chi connectivity index (χ0) is 12.5. The fraction of sp³-hybridized carbons (Fsp3) is 0.100. The van der Waals surface area contributed by atoms with E-state index in [-0.39, 0.29) is 0 Å². The molecule has 0 aromatic carbocycles.